The summed E-state index contributed by atoms with van der Waals surface area (Å²) in [5.41, 5.74) is 3.22. The first-order valence-electron chi connectivity index (χ1n) is 7.79. The number of amidine groups is 1. The third-order valence-corrected chi connectivity index (χ3v) is 3.98. The molecule has 1 heterocycles. The molecule has 2 aromatic rings. The lowest BCUT2D eigenvalue weighted by Crippen LogP contribution is -2.24. The van der Waals surface area contributed by atoms with Crippen LogP contribution in [0.15, 0.2) is 53.7 Å². The maximum atomic E-state index is 11.1. The molecule has 1 atom stereocenters. The lowest BCUT2D eigenvalue weighted by molar-refractivity contribution is 0.0696. The molecular formula is C19H20N2O3. The van der Waals surface area contributed by atoms with E-state index < -0.39 is 5.97 Å². The molecule has 5 heteroatoms. The maximum absolute atomic E-state index is 11.1. The quantitative estimate of drug-likeness (QED) is 0.904. The molecule has 1 aliphatic rings. The molecular weight excluding hydrogens is 304 g/mol. The fourth-order valence-corrected chi connectivity index (χ4v) is 2.52. The standard InChI is InChI=1S/C19H20N2O3/c1-19(2,3)15-9-7-12(8-10-15)17-20-16(21-24-17)13-5-4-6-14(11-13)18(22)23/h4-11,17H,1-3H3,(H,20,21)(H,22,23). The van der Waals surface area contributed by atoms with Crippen molar-refractivity contribution in [3.05, 3.63) is 70.8 Å². The third kappa shape index (κ3) is 3.25. The number of hydrogen-bond donors (Lipinski definition) is 2. The Labute approximate surface area is 141 Å². The van der Waals surface area contributed by atoms with Crippen LogP contribution < -0.4 is 5.32 Å². The van der Waals surface area contributed by atoms with E-state index >= 15 is 0 Å². The predicted molar refractivity (Wildman–Crippen MR) is 92.0 cm³/mol. The molecule has 0 amide bonds. The average Bonchev–Trinajstić information content (AvgIpc) is 3.04. The van der Waals surface area contributed by atoms with Crippen LogP contribution in [0.1, 0.15) is 54.0 Å². The van der Waals surface area contributed by atoms with E-state index in [0.29, 0.717) is 11.4 Å². The molecule has 1 aliphatic heterocycles. The van der Waals surface area contributed by atoms with Crippen LogP contribution in [0.4, 0.5) is 0 Å². The topological polar surface area (TPSA) is 70.9 Å². The lowest BCUT2D eigenvalue weighted by Gasteiger charge is -2.20. The maximum Gasteiger partial charge on any atom is 0.335 e. The second-order valence-electron chi connectivity index (χ2n) is 6.83. The molecule has 0 aromatic heterocycles. The van der Waals surface area contributed by atoms with Gasteiger partial charge in [-0.3, -0.25) is 0 Å². The van der Waals surface area contributed by atoms with Gasteiger partial charge in [0.1, 0.15) is 0 Å². The highest BCUT2D eigenvalue weighted by Crippen LogP contribution is 2.26. The summed E-state index contributed by atoms with van der Waals surface area (Å²) in [6, 6.07) is 14.8. The minimum atomic E-state index is -0.967. The molecule has 0 radical (unpaired) electrons. The first-order chi connectivity index (χ1) is 11.3. The number of hydrogen-bond acceptors (Lipinski definition) is 4. The fourth-order valence-electron chi connectivity index (χ4n) is 2.52. The molecule has 0 saturated heterocycles. The van der Waals surface area contributed by atoms with Gasteiger partial charge in [0, 0.05) is 11.1 Å². The zero-order valence-corrected chi connectivity index (χ0v) is 13.9. The summed E-state index contributed by atoms with van der Waals surface area (Å²) in [7, 11) is 0. The normalized spacial score (nSPS) is 17.0. The van der Waals surface area contributed by atoms with Crippen LogP contribution >= 0.6 is 0 Å². The Bertz CT molecular complexity index is 789. The van der Waals surface area contributed by atoms with E-state index in [4.69, 9.17) is 9.94 Å². The van der Waals surface area contributed by atoms with Gasteiger partial charge in [0.05, 0.1) is 5.56 Å². The molecule has 2 aromatic carbocycles. The minimum Gasteiger partial charge on any atom is -0.478 e. The molecule has 1 unspecified atom stereocenters. The molecule has 0 aliphatic carbocycles. The summed E-state index contributed by atoms with van der Waals surface area (Å²) in [4.78, 5) is 16.5. The van der Waals surface area contributed by atoms with Gasteiger partial charge in [0.2, 0.25) is 6.23 Å². The van der Waals surface area contributed by atoms with Crippen LogP contribution in [-0.4, -0.2) is 16.9 Å². The summed E-state index contributed by atoms with van der Waals surface area (Å²) in [5, 5.41) is 16.3. The number of oxime groups is 1. The van der Waals surface area contributed by atoms with Gasteiger partial charge in [0.25, 0.3) is 0 Å². The molecule has 3 rings (SSSR count). The number of benzene rings is 2. The van der Waals surface area contributed by atoms with Gasteiger partial charge in [-0.1, -0.05) is 62.3 Å². The first-order valence-corrected chi connectivity index (χ1v) is 7.79. The van der Waals surface area contributed by atoms with Gasteiger partial charge in [0.15, 0.2) is 5.84 Å². The van der Waals surface area contributed by atoms with Crippen molar-refractivity contribution >= 4 is 11.8 Å². The molecule has 2 N–H and O–H groups in total. The van der Waals surface area contributed by atoms with Gasteiger partial charge in [-0.15, -0.1) is 0 Å². The summed E-state index contributed by atoms with van der Waals surface area (Å²) < 4.78 is 0. The molecule has 5 nitrogen and oxygen atoms in total. The largest absolute Gasteiger partial charge is 0.478 e. The highest BCUT2D eigenvalue weighted by molar-refractivity contribution is 6.01. The van der Waals surface area contributed by atoms with E-state index in [1.807, 2.05) is 12.1 Å². The van der Waals surface area contributed by atoms with Crippen molar-refractivity contribution in [3.63, 3.8) is 0 Å². The molecule has 124 valence electrons. The van der Waals surface area contributed by atoms with Crippen molar-refractivity contribution < 1.29 is 14.7 Å². The average molecular weight is 324 g/mol. The van der Waals surface area contributed by atoms with Crippen molar-refractivity contribution in [1.82, 2.24) is 5.32 Å². The van der Waals surface area contributed by atoms with Crippen molar-refractivity contribution in [2.45, 2.75) is 32.4 Å². The van der Waals surface area contributed by atoms with Crippen LogP contribution in [-0.2, 0) is 10.3 Å². The second-order valence-corrected chi connectivity index (χ2v) is 6.83. The van der Waals surface area contributed by atoms with Crippen molar-refractivity contribution in [2.75, 3.05) is 0 Å². The Hall–Kier alpha value is -2.82. The minimum absolute atomic E-state index is 0.0986. The summed E-state index contributed by atoms with van der Waals surface area (Å²) in [6.45, 7) is 6.51. The van der Waals surface area contributed by atoms with Crippen molar-refractivity contribution in [2.24, 2.45) is 5.16 Å². The summed E-state index contributed by atoms with van der Waals surface area (Å²) in [5.74, 6) is -0.436. The highest BCUT2D eigenvalue weighted by atomic mass is 16.7. The SMILES string of the molecule is CC(C)(C)c1ccc(C2NC(c3cccc(C(=O)O)c3)=NO2)cc1. The zero-order valence-electron chi connectivity index (χ0n) is 13.9. The molecule has 0 bridgehead atoms. The number of aromatic carboxylic acids is 1. The third-order valence-electron chi connectivity index (χ3n) is 3.98. The number of nitrogens with one attached hydrogen (secondary N) is 1. The first kappa shape index (κ1) is 16.1. The van der Waals surface area contributed by atoms with Gasteiger partial charge in [-0.25, -0.2) is 4.79 Å². The predicted octanol–water partition coefficient (Wildman–Crippen LogP) is 3.66. The van der Waals surface area contributed by atoms with Crippen LogP contribution in [0, 0.1) is 0 Å². The number of rotatable bonds is 3. The van der Waals surface area contributed by atoms with E-state index in [-0.39, 0.29) is 17.2 Å². The Balaban J connectivity index is 1.75. The second kappa shape index (κ2) is 6.00. The summed E-state index contributed by atoms with van der Waals surface area (Å²) in [6.07, 6.45) is -0.373. The monoisotopic (exact) mass is 324 g/mol. The van der Waals surface area contributed by atoms with Crippen molar-refractivity contribution in [1.29, 1.82) is 0 Å². The van der Waals surface area contributed by atoms with Crippen LogP contribution in [0.25, 0.3) is 0 Å². The zero-order chi connectivity index (χ0) is 17.3. The van der Waals surface area contributed by atoms with E-state index in [2.05, 4.69) is 43.4 Å². The van der Waals surface area contributed by atoms with Crippen LogP contribution in [0.3, 0.4) is 0 Å². The Morgan fingerprint density at radius 1 is 1.17 bits per heavy atom. The number of carbonyl (C=O) groups is 1. The van der Waals surface area contributed by atoms with Crippen LogP contribution in [0.2, 0.25) is 0 Å². The highest BCUT2D eigenvalue weighted by Gasteiger charge is 2.23. The smallest absolute Gasteiger partial charge is 0.335 e. The molecule has 24 heavy (non-hydrogen) atoms. The molecule has 0 fully saturated rings. The van der Waals surface area contributed by atoms with E-state index in [0.717, 1.165) is 5.56 Å². The van der Waals surface area contributed by atoms with Gasteiger partial charge < -0.3 is 15.3 Å². The van der Waals surface area contributed by atoms with E-state index in [1.165, 1.54) is 5.56 Å². The lowest BCUT2D eigenvalue weighted by atomic mass is 9.86. The van der Waals surface area contributed by atoms with E-state index in [1.54, 1.807) is 24.3 Å². The fraction of sp³-hybridized carbons (Fsp3) is 0.263. The molecule has 0 spiro atoms. The summed E-state index contributed by atoms with van der Waals surface area (Å²) >= 11 is 0. The molecule has 0 saturated carbocycles. The van der Waals surface area contributed by atoms with Crippen LogP contribution in [0.5, 0.6) is 0 Å². The Morgan fingerprint density at radius 3 is 2.50 bits per heavy atom. The number of nitrogens with zero attached hydrogens (tertiary/aromatic N) is 1. The Kier molecular flexibility index (Phi) is 4.01. The van der Waals surface area contributed by atoms with Gasteiger partial charge in [-0.05, 0) is 23.1 Å². The Morgan fingerprint density at radius 2 is 1.88 bits per heavy atom. The van der Waals surface area contributed by atoms with Gasteiger partial charge in [-0.2, -0.15) is 0 Å². The number of carboxylic acids is 1. The number of carboxylic acid groups (broad SMARTS) is 1. The van der Waals surface area contributed by atoms with E-state index in [9.17, 15) is 4.79 Å². The van der Waals surface area contributed by atoms with Crippen molar-refractivity contribution in [3.8, 4) is 0 Å². The van der Waals surface area contributed by atoms with Gasteiger partial charge >= 0.3 is 5.97 Å².